The minimum atomic E-state index is -1.16. The SMILES string of the molecule is C[C@@H]1CC([C@H](O)C(C)(C)O)OC2C[C@@]3(C)[C@@H]4CCC5C(C)(C)[C@@H](OC6CN(CCF)CCO6)CC[C@@]56C[C@@]46CC[C@]3(C)C21. The van der Waals surface area contributed by atoms with Crippen molar-refractivity contribution in [2.45, 2.75) is 143 Å². The van der Waals surface area contributed by atoms with Crippen LogP contribution in [-0.4, -0.2) is 84.3 Å². The molecule has 6 nitrogen and oxygen atoms in total. The van der Waals surface area contributed by atoms with Gasteiger partial charge in [-0.25, -0.2) is 4.39 Å². The number of hydrogen-bond acceptors (Lipinski definition) is 6. The molecule has 2 N–H and O–H groups in total. The number of aliphatic hydroxyl groups excluding tert-OH is 1. The minimum Gasteiger partial charge on any atom is -0.388 e. The molecule has 13 atom stereocenters. The lowest BCUT2D eigenvalue weighted by Gasteiger charge is -2.63. The number of morpholine rings is 1. The molecular formula is C36H60FNO5. The number of nitrogens with zero attached hydrogens (tertiary/aromatic N) is 1. The van der Waals surface area contributed by atoms with Gasteiger partial charge in [0.15, 0.2) is 6.29 Å². The Morgan fingerprint density at radius 1 is 1.02 bits per heavy atom. The van der Waals surface area contributed by atoms with E-state index in [1.54, 1.807) is 13.8 Å². The van der Waals surface area contributed by atoms with Crippen molar-refractivity contribution in [3.05, 3.63) is 0 Å². The maximum atomic E-state index is 13.0. The number of rotatable bonds is 6. The molecule has 7 fully saturated rings. The Bertz CT molecular complexity index is 1080. The van der Waals surface area contributed by atoms with E-state index in [4.69, 9.17) is 14.2 Å². The van der Waals surface area contributed by atoms with Crippen molar-refractivity contribution in [1.29, 1.82) is 0 Å². The van der Waals surface area contributed by atoms with E-state index in [0.717, 1.165) is 31.7 Å². The zero-order valence-corrected chi connectivity index (χ0v) is 28.0. The molecular weight excluding hydrogens is 545 g/mol. The summed E-state index contributed by atoms with van der Waals surface area (Å²) in [7, 11) is 0. The summed E-state index contributed by atoms with van der Waals surface area (Å²) in [5.41, 5.74) is 0.262. The fourth-order valence-corrected chi connectivity index (χ4v) is 13.5. The second-order valence-corrected chi connectivity index (χ2v) is 18.0. The van der Waals surface area contributed by atoms with E-state index in [0.29, 0.717) is 48.3 Å². The van der Waals surface area contributed by atoms with Gasteiger partial charge >= 0.3 is 0 Å². The molecule has 43 heavy (non-hydrogen) atoms. The third-order valence-corrected chi connectivity index (χ3v) is 15.6. The van der Waals surface area contributed by atoms with Crippen molar-refractivity contribution < 1.29 is 28.8 Å². The first-order valence-electron chi connectivity index (χ1n) is 17.7. The number of fused-ring (bicyclic) bond motifs is 4. The van der Waals surface area contributed by atoms with Gasteiger partial charge in [-0.1, -0.05) is 34.6 Å². The highest BCUT2D eigenvalue weighted by Gasteiger charge is 2.83. The first-order valence-corrected chi connectivity index (χ1v) is 17.7. The van der Waals surface area contributed by atoms with Crippen molar-refractivity contribution >= 4 is 0 Å². The smallest absolute Gasteiger partial charge is 0.170 e. The summed E-state index contributed by atoms with van der Waals surface area (Å²) >= 11 is 0. The number of hydrogen-bond donors (Lipinski definition) is 2. The van der Waals surface area contributed by atoms with Crippen LogP contribution in [0.3, 0.4) is 0 Å². The third-order valence-electron chi connectivity index (χ3n) is 15.6. The molecule has 2 saturated heterocycles. The molecule has 0 radical (unpaired) electrons. The molecule has 7 aliphatic rings. The highest BCUT2D eigenvalue weighted by molar-refractivity contribution is 5.31. The molecule has 246 valence electrons. The standard InChI is InChI=1S/C36H60FNO5/c1-22-18-23(30(39)32(4,5)40)42-24-19-34(7)26-9-8-25-31(2,3)27(43-28-20-38(15-14-37)16-17-41-28)10-11-35(25)21-36(26,35)13-12-33(34,6)29(22)24/h22-30,39-40H,8-21H2,1-7H3/t22-,23?,24?,25?,26+,27+,28?,29?,30+,33-,34+,35-,36+/m1/s1. The van der Waals surface area contributed by atoms with Crippen LogP contribution >= 0.6 is 0 Å². The molecule has 0 bridgehead atoms. The van der Waals surface area contributed by atoms with Crippen LogP contribution in [0.1, 0.15) is 106 Å². The fraction of sp³-hybridized carbons (Fsp3) is 1.00. The van der Waals surface area contributed by atoms with Gasteiger partial charge in [0.25, 0.3) is 0 Å². The van der Waals surface area contributed by atoms with Gasteiger partial charge in [-0.2, -0.15) is 0 Å². The molecule has 7 heteroatoms. The predicted octanol–water partition coefficient (Wildman–Crippen LogP) is 5.97. The van der Waals surface area contributed by atoms with Crippen LogP contribution in [-0.2, 0) is 14.2 Å². The van der Waals surface area contributed by atoms with Gasteiger partial charge in [-0.05, 0) is 122 Å². The number of alkyl halides is 1. The summed E-state index contributed by atoms with van der Waals surface area (Å²) in [4.78, 5) is 2.14. The van der Waals surface area contributed by atoms with Crippen LogP contribution in [0, 0.1) is 50.7 Å². The Balaban J connectivity index is 1.10. The van der Waals surface area contributed by atoms with Gasteiger partial charge in [-0.3, -0.25) is 4.90 Å². The third kappa shape index (κ3) is 4.29. The topological polar surface area (TPSA) is 71.4 Å². The van der Waals surface area contributed by atoms with Crippen molar-refractivity contribution in [3.63, 3.8) is 0 Å². The van der Waals surface area contributed by atoms with Gasteiger partial charge in [0.05, 0.1) is 30.5 Å². The summed E-state index contributed by atoms with van der Waals surface area (Å²) in [5, 5.41) is 21.6. The van der Waals surface area contributed by atoms with Crippen molar-refractivity contribution in [1.82, 2.24) is 4.90 Å². The van der Waals surface area contributed by atoms with Crippen LogP contribution in [0.2, 0.25) is 0 Å². The number of ether oxygens (including phenoxy) is 3. The fourth-order valence-electron chi connectivity index (χ4n) is 13.5. The Labute approximate surface area is 259 Å². The minimum absolute atomic E-state index is 0.0852. The second kappa shape index (κ2) is 10.1. The summed E-state index contributed by atoms with van der Waals surface area (Å²) in [6.45, 7) is 18.2. The molecule has 2 spiro atoms. The van der Waals surface area contributed by atoms with Crippen LogP contribution in [0.4, 0.5) is 4.39 Å². The van der Waals surface area contributed by atoms with Crippen LogP contribution in [0.5, 0.6) is 0 Å². The molecule has 2 aliphatic heterocycles. The van der Waals surface area contributed by atoms with Gasteiger partial charge in [0.2, 0.25) is 0 Å². The predicted molar refractivity (Wildman–Crippen MR) is 164 cm³/mol. The van der Waals surface area contributed by atoms with Gasteiger partial charge < -0.3 is 24.4 Å². The van der Waals surface area contributed by atoms with Gasteiger partial charge in [0.1, 0.15) is 12.8 Å². The van der Waals surface area contributed by atoms with Crippen molar-refractivity contribution in [2.24, 2.45) is 50.7 Å². The van der Waals surface area contributed by atoms with E-state index >= 15 is 0 Å². The van der Waals surface area contributed by atoms with Crippen LogP contribution < -0.4 is 0 Å². The summed E-state index contributed by atoms with van der Waals surface area (Å²) in [6, 6.07) is 0. The van der Waals surface area contributed by atoms with E-state index < -0.39 is 11.7 Å². The van der Waals surface area contributed by atoms with Gasteiger partial charge in [0, 0.05) is 19.6 Å². The maximum absolute atomic E-state index is 13.0. The first kappa shape index (κ1) is 31.3. The van der Waals surface area contributed by atoms with E-state index in [2.05, 4.69) is 39.5 Å². The second-order valence-electron chi connectivity index (χ2n) is 18.0. The quantitative estimate of drug-likeness (QED) is 0.389. The zero-order chi connectivity index (χ0) is 30.8. The van der Waals surface area contributed by atoms with Crippen LogP contribution in [0.15, 0.2) is 0 Å². The monoisotopic (exact) mass is 605 g/mol. The van der Waals surface area contributed by atoms with E-state index in [1.807, 2.05) is 0 Å². The molecule has 2 heterocycles. The highest BCUT2D eigenvalue weighted by atomic mass is 19.1. The molecule has 0 aromatic heterocycles. The number of halogens is 1. The molecule has 5 aliphatic carbocycles. The molecule has 5 unspecified atom stereocenters. The lowest BCUT2D eigenvalue weighted by molar-refractivity contribution is -0.247. The zero-order valence-electron chi connectivity index (χ0n) is 28.0. The molecule has 5 saturated carbocycles. The van der Waals surface area contributed by atoms with Crippen molar-refractivity contribution in [2.75, 3.05) is 32.9 Å². The summed E-state index contributed by atoms with van der Waals surface area (Å²) in [5.74, 6) is 2.37. The van der Waals surface area contributed by atoms with E-state index in [1.165, 1.54) is 38.5 Å². The Morgan fingerprint density at radius 3 is 2.47 bits per heavy atom. The average Bonchev–Trinajstić information content (AvgIpc) is 3.53. The molecule has 0 amide bonds. The average molecular weight is 606 g/mol. The maximum Gasteiger partial charge on any atom is 0.170 e. The molecule has 0 aromatic carbocycles. The highest BCUT2D eigenvalue weighted by Crippen LogP contribution is 2.89. The summed E-state index contributed by atoms with van der Waals surface area (Å²) < 4.78 is 32.6. The largest absolute Gasteiger partial charge is 0.388 e. The van der Waals surface area contributed by atoms with E-state index in [9.17, 15) is 14.6 Å². The van der Waals surface area contributed by atoms with Gasteiger partial charge in [-0.15, -0.1) is 0 Å². The molecule has 7 rings (SSSR count). The number of aliphatic hydroxyl groups is 2. The Kier molecular flexibility index (Phi) is 7.35. The lowest BCUT2D eigenvalue weighted by Crippen LogP contribution is -2.59. The molecule has 0 aromatic rings. The van der Waals surface area contributed by atoms with Crippen molar-refractivity contribution in [3.8, 4) is 0 Å². The Hall–Kier alpha value is -0.310. The summed E-state index contributed by atoms with van der Waals surface area (Å²) in [6.07, 6.45) is 9.77. The van der Waals surface area contributed by atoms with E-state index in [-0.39, 0.29) is 47.5 Å². The lowest BCUT2D eigenvalue weighted by atomic mass is 9.41. The first-order chi connectivity index (χ1) is 20.1. The Morgan fingerprint density at radius 2 is 1.74 bits per heavy atom. The van der Waals surface area contributed by atoms with Crippen LogP contribution in [0.25, 0.3) is 0 Å². The normalized spacial score (nSPS) is 53.2.